The van der Waals surface area contributed by atoms with Gasteiger partial charge in [-0.2, -0.15) is 0 Å². The van der Waals surface area contributed by atoms with E-state index in [2.05, 4.69) is 0 Å². The maximum atomic E-state index is 10.3. The highest BCUT2D eigenvalue weighted by Crippen LogP contribution is 2.34. The molecule has 1 aromatic carbocycles. The van der Waals surface area contributed by atoms with Crippen molar-refractivity contribution in [3.05, 3.63) is 34.9 Å². The van der Waals surface area contributed by atoms with Gasteiger partial charge in [0.05, 0.1) is 6.61 Å². The van der Waals surface area contributed by atoms with Crippen LogP contribution in [0.5, 0.6) is 0 Å². The van der Waals surface area contributed by atoms with Crippen molar-refractivity contribution < 1.29 is 9.84 Å². The van der Waals surface area contributed by atoms with E-state index in [1.165, 1.54) is 0 Å². The zero-order valence-electron chi connectivity index (χ0n) is 7.87. The van der Waals surface area contributed by atoms with Gasteiger partial charge in [0.25, 0.3) is 0 Å². The fourth-order valence-electron chi connectivity index (χ4n) is 1.83. The summed E-state index contributed by atoms with van der Waals surface area (Å²) >= 11 is 6.03. The molecule has 1 heterocycles. The van der Waals surface area contributed by atoms with E-state index in [1.54, 1.807) is 6.07 Å². The average molecular weight is 213 g/mol. The predicted octanol–water partition coefficient (Wildman–Crippen LogP) is 2.34. The Morgan fingerprint density at radius 1 is 1.36 bits per heavy atom. The highest BCUT2D eigenvalue weighted by Gasteiger charge is 2.33. The second-order valence-corrected chi connectivity index (χ2v) is 4.07. The maximum absolute atomic E-state index is 10.3. The van der Waals surface area contributed by atoms with Gasteiger partial charge in [-0.25, -0.2) is 0 Å². The van der Waals surface area contributed by atoms with Crippen LogP contribution in [0.25, 0.3) is 0 Å². The van der Waals surface area contributed by atoms with Gasteiger partial charge < -0.3 is 9.84 Å². The minimum atomic E-state index is -0.892. The first-order valence-corrected chi connectivity index (χ1v) is 5.15. The Morgan fingerprint density at radius 2 is 2.14 bits per heavy atom. The Labute approximate surface area is 88.5 Å². The van der Waals surface area contributed by atoms with Crippen molar-refractivity contribution in [2.24, 2.45) is 0 Å². The molecule has 1 aromatic rings. The molecule has 1 atom stereocenters. The second-order valence-electron chi connectivity index (χ2n) is 3.67. The summed E-state index contributed by atoms with van der Waals surface area (Å²) in [5.74, 6) is 0. The number of hydrogen-bond acceptors (Lipinski definition) is 2. The quantitative estimate of drug-likeness (QED) is 0.775. The molecular weight excluding hydrogens is 200 g/mol. The van der Waals surface area contributed by atoms with Gasteiger partial charge in [0.1, 0.15) is 5.60 Å². The predicted molar refractivity (Wildman–Crippen MR) is 55.4 cm³/mol. The molecule has 1 saturated heterocycles. The molecule has 0 amide bonds. The number of hydrogen-bond donors (Lipinski definition) is 1. The van der Waals surface area contributed by atoms with Crippen LogP contribution in [0.3, 0.4) is 0 Å². The topological polar surface area (TPSA) is 29.5 Å². The normalized spacial score (nSPS) is 27.6. The molecule has 0 saturated carbocycles. The molecule has 2 rings (SSSR count). The third-order valence-electron chi connectivity index (χ3n) is 2.60. The van der Waals surface area contributed by atoms with E-state index >= 15 is 0 Å². The molecule has 1 unspecified atom stereocenters. The molecule has 1 fully saturated rings. The number of halogens is 1. The van der Waals surface area contributed by atoms with Gasteiger partial charge in [0.2, 0.25) is 0 Å². The minimum Gasteiger partial charge on any atom is -0.383 e. The fourth-order valence-corrected chi connectivity index (χ4v) is 2.14. The van der Waals surface area contributed by atoms with Crippen molar-refractivity contribution in [2.75, 3.05) is 13.2 Å². The van der Waals surface area contributed by atoms with Gasteiger partial charge >= 0.3 is 0 Å². The van der Waals surface area contributed by atoms with Crippen molar-refractivity contribution in [2.45, 2.75) is 18.4 Å². The maximum Gasteiger partial charge on any atom is 0.114 e. The zero-order valence-corrected chi connectivity index (χ0v) is 8.63. The molecule has 14 heavy (non-hydrogen) atoms. The van der Waals surface area contributed by atoms with Crippen molar-refractivity contribution in [3.8, 4) is 0 Å². The van der Waals surface area contributed by atoms with E-state index < -0.39 is 5.60 Å². The third-order valence-corrected chi connectivity index (χ3v) is 2.92. The Bertz CT molecular complexity index is 319. The van der Waals surface area contributed by atoms with E-state index in [0.717, 1.165) is 25.0 Å². The molecular formula is C11H13ClO2. The fraction of sp³-hybridized carbons (Fsp3) is 0.455. The van der Waals surface area contributed by atoms with Crippen molar-refractivity contribution in [1.82, 2.24) is 0 Å². The van der Waals surface area contributed by atoms with Crippen LogP contribution in [0.2, 0.25) is 5.02 Å². The lowest BCUT2D eigenvalue weighted by Gasteiger charge is -2.32. The van der Waals surface area contributed by atoms with E-state index in [9.17, 15) is 5.11 Å². The van der Waals surface area contributed by atoms with E-state index in [1.807, 2.05) is 18.2 Å². The number of benzene rings is 1. The number of aliphatic hydroxyl groups is 1. The summed E-state index contributed by atoms with van der Waals surface area (Å²) in [7, 11) is 0. The lowest BCUT2D eigenvalue weighted by molar-refractivity contribution is -0.0902. The molecule has 0 aliphatic carbocycles. The second kappa shape index (κ2) is 3.89. The van der Waals surface area contributed by atoms with Gasteiger partial charge in [0, 0.05) is 17.2 Å². The van der Waals surface area contributed by atoms with Gasteiger partial charge in [0.15, 0.2) is 0 Å². The third kappa shape index (κ3) is 1.78. The molecule has 3 heteroatoms. The smallest absolute Gasteiger partial charge is 0.114 e. The van der Waals surface area contributed by atoms with E-state index in [0.29, 0.717) is 11.6 Å². The zero-order chi connectivity index (χ0) is 10.0. The highest BCUT2D eigenvalue weighted by molar-refractivity contribution is 6.31. The van der Waals surface area contributed by atoms with Gasteiger partial charge in [-0.1, -0.05) is 29.8 Å². The Morgan fingerprint density at radius 3 is 2.79 bits per heavy atom. The summed E-state index contributed by atoms with van der Waals surface area (Å²) in [6, 6.07) is 7.40. The van der Waals surface area contributed by atoms with Gasteiger partial charge in [-0.3, -0.25) is 0 Å². The van der Waals surface area contributed by atoms with Crippen LogP contribution < -0.4 is 0 Å². The minimum absolute atomic E-state index is 0.344. The van der Waals surface area contributed by atoms with Crippen molar-refractivity contribution in [3.63, 3.8) is 0 Å². The van der Waals surface area contributed by atoms with Crippen LogP contribution in [0, 0.1) is 0 Å². The Kier molecular flexibility index (Phi) is 2.77. The van der Waals surface area contributed by atoms with E-state index in [4.69, 9.17) is 16.3 Å². The first kappa shape index (κ1) is 9.97. The number of rotatable bonds is 1. The molecule has 0 radical (unpaired) electrons. The summed E-state index contributed by atoms with van der Waals surface area (Å²) in [6.45, 7) is 1.07. The lowest BCUT2D eigenvalue weighted by atomic mass is 9.88. The molecule has 76 valence electrons. The summed E-state index contributed by atoms with van der Waals surface area (Å²) in [5.41, 5.74) is -0.113. The molecule has 0 spiro atoms. The molecule has 1 aliphatic heterocycles. The van der Waals surface area contributed by atoms with Crippen LogP contribution in [-0.2, 0) is 10.3 Å². The first-order chi connectivity index (χ1) is 6.72. The SMILES string of the molecule is OC1(c2ccccc2Cl)CCCOC1. The Hall–Kier alpha value is -0.570. The van der Waals surface area contributed by atoms with Crippen LogP contribution >= 0.6 is 11.6 Å². The number of ether oxygens (including phenoxy) is 1. The molecule has 0 aromatic heterocycles. The van der Waals surface area contributed by atoms with Crippen molar-refractivity contribution >= 4 is 11.6 Å². The summed E-state index contributed by atoms with van der Waals surface area (Å²) in [5, 5.41) is 10.9. The lowest BCUT2D eigenvalue weighted by Crippen LogP contribution is -2.36. The van der Waals surface area contributed by atoms with Crippen LogP contribution in [0.1, 0.15) is 18.4 Å². The highest BCUT2D eigenvalue weighted by atomic mass is 35.5. The average Bonchev–Trinajstić information content (AvgIpc) is 2.19. The monoisotopic (exact) mass is 212 g/mol. The van der Waals surface area contributed by atoms with Gasteiger partial charge in [-0.05, 0) is 18.9 Å². The van der Waals surface area contributed by atoms with Gasteiger partial charge in [-0.15, -0.1) is 0 Å². The summed E-state index contributed by atoms with van der Waals surface area (Å²) in [4.78, 5) is 0. The van der Waals surface area contributed by atoms with Crippen molar-refractivity contribution in [1.29, 1.82) is 0 Å². The standard InChI is InChI=1S/C11H13ClO2/c12-10-5-2-1-4-9(10)11(13)6-3-7-14-8-11/h1-2,4-5,13H,3,6-8H2. The van der Waals surface area contributed by atoms with E-state index in [-0.39, 0.29) is 0 Å². The molecule has 2 nitrogen and oxygen atoms in total. The first-order valence-electron chi connectivity index (χ1n) is 4.77. The van der Waals surface area contributed by atoms with Crippen LogP contribution in [0.15, 0.2) is 24.3 Å². The van der Waals surface area contributed by atoms with Crippen LogP contribution in [-0.4, -0.2) is 18.3 Å². The largest absolute Gasteiger partial charge is 0.383 e. The summed E-state index contributed by atoms with van der Waals surface area (Å²) < 4.78 is 5.29. The molecule has 1 N–H and O–H groups in total. The summed E-state index contributed by atoms with van der Waals surface area (Å²) in [6.07, 6.45) is 1.60. The Balaban J connectivity index is 2.32. The molecule has 1 aliphatic rings. The molecule has 0 bridgehead atoms. The van der Waals surface area contributed by atoms with Crippen LogP contribution in [0.4, 0.5) is 0 Å².